The van der Waals surface area contributed by atoms with Crippen molar-refractivity contribution in [2.75, 3.05) is 0 Å². The van der Waals surface area contributed by atoms with E-state index in [2.05, 4.69) is 16.8 Å². The highest BCUT2D eigenvalue weighted by atomic mass is 19.1. The number of nitrogens with two attached hydrogens (primary N) is 2. The number of carbonyl (C=O) groups is 2. The number of aromatic nitrogens is 2. The molecule has 0 atom stereocenters. The fraction of sp³-hybridized carbons (Fsp3) is 0.480. The van der Waals surface area contributed by atoms with E-state index in [4.69, 9.17) is 11.5 Å². The molecular formula is C25H29FN4O3. The van der Waals surface area contributed by atoms with Gasteiger partial charge in [0.2, 0.25) is 5.91 Å². The Labute approximate surface area is 192 Å². The van der Waals surface area contributed by atoms with Crippen LogP contribution in [0.1, 0.15) is 85.2 Å². The topological polar surface area (TPSA) is 124 Å². The van der Waals surface area contributed by atoms with E-state index in [-0.39, 0.29) is 35.0 Å². The van der Waals surface area contributed by atoms with Crippen molar-refractivity contribution in [2.24, 2.45) is 17.4 Å². The van der Waals surface area contributed by atoms with Gasteiger partial charge in [-0.3, -0.25) is 9.59 Å². The first-order valence-electron chi connectivity index (χ1n) is 11.2. The summed E-state index contributed by atoms with van der Waals surface area (Å²) in [6, 6.07) is 3.44. The van der Waals surface area contributed by atoms with Crippen LogP contribution in [-0.2, 0) is 4.79 Å². The fourth-order valence-corrected chi connectivity index (χ4v) is 4.57. The first-order valence-corrected chi connectivity index (χ1v) is 11.2. The van der Waals surface area contributed by atoms with Gasteiger partial charge in [0.15, 0.2) is 0 Å². The molecule has 2 aromatic rings. The molecule has 0 unspecified atom stereocenters. The quantitative estimate of drug-likeness (QED) is 0.606. The van der Waals surface area contributed by atoms with Crippen molar-refractivity contribution in [3.8, 4) is 23.2 Å². The second-order valence-electron chi connectivity index (χ2n) is 9.68. The number of benzene rings is 1. The molecule has 2 aliphatic carbocycles. The summed E-state index contributed by atoms with van der Waals surface area (Å²) in [5.74, 6) is 5.42. The summed E-state index contributed by atoms with van der Waals surface area (Å²) in [5, 5.41) is 9.80. The molecule has 4 aliphatic rings. The summed E-state index contributed by atoms with van der Waals surface area (Å²) >= 11 is 0. The van der Waals surface area contributed by atoms with Gasteiger partial charge in [0.25, 0.3) is 5.91 Å². The molecule has 2 fully saturated rings. The molecule has 174 valence electrons. The number of rotatable bonds is 2. The van der Waals surface area contributed by atoms with Crippen LogP contribution in [0.3, 0.4) is 0 Å². The molecule has 1 aromatic carbocycles. The third-order valence-corrected chi connectivity index (χ3v) is 6.69. The molecule has 2 amide bonds. The van der Waals surface area contributed by atoms with Gasteiger partial charge in [0.1, 0.15) is 22.9 Å². The summed E-state index contributed by atoms with van der Waals surface area (Å²) in [5.41, 5.74) is 12.1. The fourth-order valence-electron chi connectivity index (χ4n) is 4.57. The lowest BCUT2D eigenvalue weighted by molar-refractivity contribution is -0.124. The van der Waals surface area contributed by atoms with Gasteiger partial charge in [-0.25, -0.2) is 9.37 Å². The molecule has 33 heavy (non-hydrogen) atoms. The van der Waals surface area contributed by atoms with Crippen molar-refractivity contribution >= 4 is 11.8 Å². The van der Waals surface area contributed by atoms with Gasteiger partial charge in [-0.15, -0.1) is 0 Å². The monoisotopic (exact) mass is 452 g/mol. The normalized spacial score (nSPS) is 20.4. The second kappa shape index (κ2) is 8.31. The number of imidazole rings is 1. The summed E-state index contributed by atoms with van der Waals surface area (Å²) in [7, 11) is 0. The Balaban J connectivity index is 0.000000318. The van der Waals surface area contributed by atoms with E-state index in [1.165, 1.54) is 12.5 Å². The van der Waals surface area contributed by atoms with Crippen molar-refractivity contribution < 1.29 is 19.1 Å². The average Bonchev–Trinajstić information content (AvgIpc) is 2.82. The standard InChI is InChI=1S/C20H20FN3O2.C5H9NO/c1-10-17(18(22)25)23-19-15-8-11(4-5-20(2,3)26)16(21)9-14(15)12-6-13(7-12)24(10)19;6-5(7)4-2-1-3-4/h8-9,12-13,26H,6-7H2,1-3H3,(H2,22,25);4H,1-3H2,(H2,6,7). The zero-order valence-electron chi connectivity index (χ0n) is 19.1. The molecule has 0 radical (unpaired) electrons. The van der Waals surface area contributed by atoms with Gasteiger partial charge in [-0.1, -0.05) is 18.3 Å². The highest BCUT2D eigenvalue weighted by Gasteiger charge is 2.40. The highest BCUT2D eigenvalue weighted by molar-refractivity contribution is 5.93. The lowest BCUT2D eigenvalue weighted by Crippen LogP contribution is -2.28. The predicted molar refractivity (Wildman–Crippen MR) is 122 cm³/mol. The second-order valence-corrected chi connectivity index (χ2v) is 9.68. The summed E-state index contributed by atoms with van der Waals surface area (Å²) in [4.78, 5) is 26.4. The number of hydrogen-bond donors (Lipinski definition) is 3. The van der Waals surface area contributed by atoms with Crippen molar-refractivity contribution in [3.63, 3.8) is 0 Å². The number of aliphatic hydroxyl groups is 1. The largest absolute Gasteiger partial charge is 0.378 e. The number of carbonyl (C=O) groups excluding carboxylic acids is 2. The number of primary amides is 2. The van der Waals surface area contributed by atoms with Gasteiger partial charge in [-0.2, -0.15) is 0 Å². The summed E-state index contributed by atoms with van der Waals surface area (Å²) in [6.07, 6.45) is 5.02. The van der Waals surface area contributed by atoms with Crippen LogP contribution in [0.5, 0.6) is 0 Å². The Morgan fingerprint density at radius 1 is 1.24 bits per heavy atom. The predicted octanol–water partition coefficient (Wildman–Crippen LogP) is 2.92. The molecule has 2 bridgehead atoms. The smallest absolute Gasteiger partial charge is 0.269 e. The van der Waals surface area contributed by atoms with Crippen LogP contribution in [-0.4, -0.2) is 32.1 Å². The Kier molecular flexibility index (Phi) is 5.79. The van der Waals surface area contributed by atoms with Crippen LogP contribution in [0.4, 0.5) is 4.39 Å². The van der Waals surface area contributed by atoms with Gasteiger partial charge >= 0.3 is 0 Å². The number of halogens is 1. The van der Waals surface area contributed by atoms with Gasteiger partial charge in [-0.05, 0) is 70.1 Å². The van der Waals surface area contributed by atoms with Crippen LogP contribution < -0.4 is 11.5 Å². The molecule has 8 heteroatoms. The molecule has 5 N–H and O–H groups in total. The number of hydrogen-bond acceptors (Lipinski definition) is 4. The Hall–Kier alpha value is -3.18. The minimum Gasteiger partial charge on any atom is -0.378 e. The minimum absolute atomic E-state index is 0.119. The maximum Gasteiger partial charge on any atom is 0.269 e. The number of amides is 2. The van der Waals surface area contributed by atoms with Crippen LogP contribution in [0.2, 0.25) is 0 Å². The third kappa shape index (κ3) is 4.38. The average molecular weight is 453 g/mol. The van der Waals surface area contributed by atoms with Crippen molar-refractivity contribution in [3.05, 3.63) is 40.5 Å². The maximum absolute atomic E-state index is 14.6. The molecule has 2 saturated carbocycles. The molecular weight excluding hydrogens is 423 g/mol. The van der Waals surface area contributed by atoms with E-state index >= 15 is 0 Å². The van der Waals surface area contributed by atoms with E-state index in [0.717, 1.165) is 42.5 Å². The lowest BCUT2D eigenvalue weighted by atomic mass is 9.75. The van der Waals surface area contributed by atoms with Gasteiger partial charge < -0.3 is 21.1 Å². The Morgan fingerprint density at radius 3 is 2.39 bits per heavy atom. The van der Waals surface area contributed by atoms with Gasteiger partial charge in [0, 0.05) is 23.2 Å². The lowest BCUT2D eigenvalue weighted by Gasteiger charge is -2.35. The zero-order valence-corrected chi connectivity index (χ0v) is 19.1. The maximum atomic E-state index is 14.6. The SMILES string of the molecule is Cc1c(C(N)=O)nc2n1C1CC(C1)c1cc(F)c(C#CC(C)(C)O)cc1-2.NC(=O)C1CCC1. The number of nitrogens with zero attached hydrogens (tertiary/aromatic N) is 2. The Morgan fingerprint density at radius 2 is 1.91 bits per heavy atom. The summed E-state index contributed by atoms with van der Waals surface area (Å²) in [6.45, 7) is 4.93. The highest BCUT2D eigenvalue weighted by Crippen LogP contribution is 2.53. The molecule has 6 rings (SSSR count). The molecule has 2 aliphatic heterocycles. The Bertz CT molecular complexity index is 1190. The van der Waals surface area contributed by atoms with Crippen molar-refractivity contribution in [1.29, 1.82) is 0 Å². The third-order valence-electron chi connectivity index (χ3n) is 6.69. The first-order chi connectivity index (χ1) is 15.5. The van der Waals surface area contributed by atoms with E-state index in [1.54, 1.807) is 19.9 Å². The van der Waals surface area contributed by atoms with E-state index in [0.29, 0.717) is 5.82 Å². The van der Waals surface area contributed by atoms with Gasteiger partial charge in [0.05, 0.1) is 5.56 Å². The zero-order chi connectivity index (χ0) is 24.1. The molecule has 7 nitrogen and oxygen atoms in total. The van der Waals surface area contributed by atoms with Crippen LogP contribution in [0.25, 0.3) is 11.4 Å². The molecule has 0 saturated heterocycles. The minimum atomic E-state index is -1.21. The van der Waals surface area contributed by atoms with E-state index in [9.17, 15) is 19.1 Å². The first kappa shape index (κ1) is 23.0. The summed E-state index contributed by atoms with van der Waals surface area (Å²) < 4.78 is 16.6. The van der Waals surface area contributed by atoms with Crippen LogP contribution >= 0.6 is 0 Å². The van der Waals surface area contributed by atoms with Crippen LogP contribution in [0.15, 0.2) is 12.1 Å². The van der Waals surface area contributed by atoms with Crippen molar-refractivity contribution in [1.82, 2.24) is 9.55 Å². The van der Waals surface area contributed by atoms with Crippen molar-refractivity contribution in [2.45, 2.75) is 70.4 Å². The molecule has 1 aromatic heterocycles. The molecule has 0 spiro atoms. The molecule has 3 heterocycles. The van der Waals surface area contributed by atoms with E-state index in [1.807, 2.05) is 11.5 Å². The van der Waals surface area contributed by atoms with Crippen LogP contribution in [0, 0.1) is 30.5 Å². The van der Waals surface area contributed by atoms with E-state index < -0.39 is 17.3 Å².